The summed E-state index contributed by atoms with van der Waals surface area (Å²) >= 11 is 2.54. The van der Waals surface area contributed by atoms with Crippen LogP contribution < -0.4 is 21.5 Å². The third-order valence-electron chi connectivity index (χ3n) is 3.59. The highest BCUT2D eigenvalue weighted by Gasteiger charge is 2.18. The highest BCUT2D eigenvalue weighted by atomic mass is 32.2. The lowest BCUT2D eigenvalue weighted by Gasteiger charge is -2.10. The van der Waals surface area contributed by atoms with Crippen molar-refractivity contribution in [3.8, 4) is 17.0 Å². The maximum absolute atomic E-state index is 12.4. The van der Waals surface area contributed by atoms with E-state index in [0.717, 1.165) is 17.0 Å². The number of thiazole rings is 1. The van der Waals surface area contributed by atoms with Gasteiger partial charge >= 0.3 is 0 Å². The van der Waals surface area contributed by atoms with Gasteiger partial charge in [-0.2, -0.15) is 0 Å². The number of nitrogens with zero attached hydrogens (tertiary/aromatic N) is 3. The van der Waals surface area contributed by atoms with Crippen LogP contribution in [0.15, 0.2) is 40.9 Å². The Labute approximate surface area is 170 Å². The molecule has 0 saturated carbocycles. The van der Waals surface area contributed by atoms with Gasteiger partial charge in [-0.15, -0.1) is 11.3 Å². The van der Waals surface area contributed by atoms with Gasteiger partial charge in [-0.3, -0.25) is 4.79 Å². The summed E-state index contributed by atoms with van der Waals surface area (Å²) < 4.78 is 5.44. The molecule has 0 spiro atoms. The number of thioether (sulfide) groups is 1. The number of nitrogen functional groups attached to an aromatic ring is 2. The standard InChI is InChI=1S/C18H20N6O2S2/c1-3-26-12-6-4-11(5-7-12)13-9-27-17(21-13)24-16(25)10(2)28-18-22-14(19)8-15(20)23-18/h4-10H,3H2,1-2H3,(H,21,24,25)(H4,19,20,22,23). The predicted molar refractivity (Wildman–Crippen MR) is 114 cm³/mol. The van der Waals surface area contributed by atoms with Crippen molar-refractivity contribution < 1.29 is 9.53 Å². The normalized spacial score (nSPS) is 11.8. The molecule has 1 unspecified atom stereocenters. The average Bonchev–Trinajstić information content (AvgIpc) is 3.10. The molecule has 0 aliphatic carbocycles. The van der Waals surface area contributed by atoms with Crippen LogP contribution in [-0.4, -0.2) is 32.7 Å². The van der Waals surface area contributed by atoms with Crippen LogP contribution in [0.4, 0.5) is 16.8 Å². The second-order valence-electron chi connectivity index (χ2n) is 5.74. The molecule has 0 bridgehead atoms. The Hall–Kier alpha value is -2.85. The molecule has 0 fully saturated rings. The van der Waals surface area contributed by atoms with Crippen LogP contribution >= 0.6 is 23.1 Å². The van der Waals surface area contributed by atoms with E-state index in [-0.39, 0.29) is 17.5 Å². The number of nitrogens with one attached hydrogen (secondary N) is 1. The van der Waals surface area contributed by atoms with Crippen molar-refractivity contribution in [2.45, 2.75) is 24.3 Å². The van der Waals surface area contributed by atoms with Crippen LogP contribution in [0.2, 0.25) is 0 Å². The second kappa shape index (κ2) is 8.89. The molecule has 1 atom stereocenters. The van der Waals surface area contributed by atoms with Crippen molar-refractivity contribution in [3.05, 3.63) is 35.7 Å². The van der Waals surface area contributed by atoms with Gasteiger partial charge in [-0.1, -0.05) is 11.8 Å². The Kier molecular flexibility index (Phi) is 6.32. The predicted octanol–water partition coefficient (Wildman–Crippen LogP) is 3.28. The first kappa shape index (κ1) is 19.9. The maximum Gasteiger partial charge on any atom is 0.239 e. The number of hydrogen-bond acceptors (Lipinski definition) is 9. The first-order valence-electron chi connectivity index (χ1n) is 8.51. The van der Waals surface area contributed by atoms with Crippen LogP contribution in [-0.2, 0) is 4.79 Å². The van der Waals surface area contributed by atoms with Crippen LogP contribution in [0.1, 0.15) is 13.8 Å². The van der Waals surface area contributed by atoms with Crippen molar-refractivity contribution in [2.24, 2.45) is 0 Å². The minimum Gasteiger partial charge on any atom is -0.494 e. The van der Waals surface area contributed by atoms with E-state index in [1.165, 1.54) is 29.2 Å². The van der Waals surface area contributed by atoms with E-state index in [1.807, 2.05) is 36.6 Å². The smallest absolute Gasteiger partial charge is 0.239 e. The number of anilines is 3. The lowest BCUT2D eigenvalue weighted by Crippen LogP contribution is -2.22. The van der Waals surface area contributed by atoms with Crippen molar-refractivity contribution in [1.29, 1.82) is 0 Å². The summed E-state index contributed by atoms with van der Waals surface area (Å²) in [7, 11) is 0. The molecule has 10 heteroatoms. The molecule has 0 aliphatic heterocycles. The number of ether oxygens (including phenoxy) is 1. The topological polar surface area (TPSA) is 129 Å². The minimum atomic E-state index is -0.445. The van der Waals surface area contributed by atoms with Gasteiger partial charge in [0, 0.05) is 17.0 Å². The summed E-state index contributed by atoms with van der Waals surface area (Å²) in [6.45, 7) is 4.32. The van der Waals surface area contributed by atoms with E-state index >= 15 is 0 Å². The molecule has 0 radical (unpaired) electrons. The van der Waals surface area contributed by atoms with E-state index < -0.39 is 5.25 Å². The molecule has 1 aromatic carbocycles. The van der Waals surface area contributed by atoms with Crippen molar-refractivity contribution in [1.82, 2.24) is 15.0 Å². The fourth-order valence-electron chi connectivity index (χ4n) is 2.29. The Morgan fingerprint density at radius 2 is 1.89 bits per heavy atom. The Bertz CT molecular complexity index is 941. The first-order chi connectivity index (χ1) is 13.4. The number of carbonyl (C=O) groups is 1. The molecular formula is C18H20N6O2S2. The molecule has 146 valence electrons. The molecule has 2 heterocycles. The second-order valence-corrected chi connectivity index (χ2v) is 7.91. The van der Waals surface area contributed by atoms with Gasteiger partial charge < -0.3 is 21.5 Å². The van der Waals surface area contributed by atoms with Crippen molar-refractivity contribution in [3.63, 3.8) is 0 Å². The number of carbonyl (C=O) groups excluding carboxylic acids is 1. The lowest BCUT2D eigenvalue weighted by atomic mass is 10.2. The molecular weight excluding hydrogens is 396 g/mol. The van der Waals surface area contributed by atoms with E-state index in [9.17, 15) is 4.79 Å². The fourth-order valence-corrected chi connectivity index (χ4v) is 3.81. The summed E-state index contributed by atoms with van der Waals surface area (Å²) in [6.07, 6.45) is 0. The number of hydrogen-bond donors (Lipinski definition) is 3. The Balaban J connectivity index is 1.62. The molecule has 1 amide bonds. The van der Waals surface area contributed by atoms with Gasteiger partial charge in [-0.25, -0.2) is 15.0 Å². The lowest BCUT2D eigenvalue weighted by molar-refractivity contribution is -0.115. The third-order valence-corrected chi connectivity index (χ3v) is 5.31. The summed E-state index contributed by atoms with van der Waals surface area (Å²) in [5.41, 5.74) is 13.1. The molecule has 5 N–H and O–H groups in total. The molecule has 0 saturated heterocycles. The van der Waals surface area contributed by atoms with Gasteiger partial charge in [0.05, 0.1) is 17.6 Å². The van der Waals surface area contributed by atoms with Crippen molar-refractivity contribution in [2.75, 3.05) is 23.4 Å². The monoisotopic (exact) mass is 416 g/mol. The molecule has 8 nitrogen and oxygen atoms in total. The van der Waals surface area contributed by atoms with Crippen LogP contribution in [0.25, 0.3) is 11.3 Å². The van der Waals surface area contributed by atoms with Crippen molar-refractivity contribution >= 4 is 45.8 Å². The van der Waals surface area contributed by atoms with E-state index in [0.29, 0.717) is 16.9 Å². The number of benzene rings is 1. The largest absolute Gasteiger partial charge is 0.494 e. The SMILES string of the molecule is CCOc1ccc(-c2csc(NC(=O)C(C)Sc3nc(N)cc(N)n3)n2)cc1. The number of aromatic nitrogens is 3. The zero-order valence-electron chi connectivity index (χ0n) is 15.4. The van der Waals surface area contributed by atoms with Crippen LogP contribution in [0.5, 0.6) is 5.75 Å². The zero-order valence-corrected chi connectivity index (χ0v) is 17.0. The summed E-state index contributed by atoms with van der Waals surface area (Å²) in [5.74, 6) is 1.14. The highest BCUT2D eigenvalue weighted by molar-refractivity contribution is 8.00. The van der Waals surface area contributed by atoms with E-state index in [1.54, 1.807) is 6.92 Å². The number of nitrogens with two attached hydrogens (primary N) is 2. The van der Waals surface area contributed by atoms with Gasteiger partial charge in [-0.05, 0) is 38.1 Å². The van der Waals surface area contributed by atoms with Crippen LogP contribution in [0.3, 0.4) is 0 Å². The third kappa shape index (κ3) is 5.11. The van der Waals surface area contributed by atoms with Crippen LogP contribution in [0, 0.1) is 0 Å². The Morgan fingerprint density at radius 3 is 2.54 bits per heavy atom. The van der Waals surface area contributed by atoms with Gasteiger partial charge in [0.1, 0.15) is 17.4 Å². The minimum absolute atomic E-state index is 0.206. The quantitative estimate of drug-likeness (QED) is 0.395. The molecule has 2 aromatic heterocycles. The molecule has 3 aromatic rings. The average molecular weight is 417 g/mol. The van der Waals surface area contributed by atoms with Gasteiger partial charge in [0.25, 0.3) is 0 Å². The Morgan fingerprint density at radius 1 is 1.21 bits per heavy atom. The number of amides is 1. The van der Waals surface area contributed by atoms with E-state index in [4.69, 9.17) is 16.2 Å². The molecule has 28 heavy (non-hydrogen) atoms. The summed E-state index contributed by atoms with van der Waals surface area (Å²) in [6, 6.07) is 9.13. The fraction of sp³-hybridized carbons (Fsp3) is 0.222. The molecule has 3 rings (SSSR count). The summed E-state index contributed by atoms with van der Waals surface area (Å²) in [5, 5.41) is 5.14. The van der Waals surface area contributed by atoms with Gasteiger partial charge in [0.2, 0.25) is 5.91 Å². The summed E-state index contributed by atoms with van der Waals surface area (Å²) in [4.78, 5) is 25.1. The highest BCUT2D eigenvalue weighted by Crippen LogP contribution is 2.28. The zero-order chi connectivity index (χ0) is 20.1. The van der Waals surface area contributed by atoms with E-state index in [2.05, 4.69) is 20.3 Å². The van der Waals surface area contributed by atoms with Gasteiger partial charge in [0.15, 0.2) is 10.3 Å². The molecule has 0 aliphatic rings. The maximum atomic E-state index is 12.4. The number of rotatable bonds is 7. The first-order valence-corrected chi connectivity index (χ1v) is 10.3.